The van der Waals surface area contributed by atoms with E-state index in [0.29, 0.717) is 5.15 Å². The van der Waals surface area contributed by atoms with Crippen molar-refractivity contribution >= 4 is 11.6 Å². The van der Waals surface area contributed by atoms with E-state index in [9.17, 15) is 0 Å². The first kappa shape index (κ1) is 16.1. The van der Waals surface area contributed by atoms with Crippen molar-refractivity contribution in [1.82, 2.24) is 14.7 Å². The van der Waals surface area contributed by atoms with Crippen molar-refractivity contribution in [1.29, 1.82) is 0 Å². The summed E-state index contributed by atoms with van der Waals surface area (Å²) >= 11 is 6.38. The van der Waals surface area contributed by atoms with Gasteiger partial charge in [-0.3, -0.25) is 9.58 Å². The second-order valence-corrected chi connectivity index (χ2v) is 6.41. The zero-order valence-corrected chi connectivity index (χ0v) is 14.7. The van der Waals surface area contributed by atoms with Crippen LogP contribution >= 0.6 is 11.6 Å². The smallest absolute Gasteiger partial charge is 0.131 e. The average molecular weight is 336 g/mol. The lowest BCUT2D eigenvalue weighted by Crippen LogP contribution is -2.30. The molecule has 0 bridgehead atoms. The molecule has 1 unspecified atom stereocenters. The van der Waals surface area contributed by atoms with Crippen LogP contribution in [0, 0.1) is 6.92 Å². The summed E-state index contributed by atoms with van der Waals surface area (Å²) in [4.78, 5) is 2.35. The van der Waals surface area contributed by atoms with Gasteiger partial charge in [0.05, 0.1) is 12.8 Å². The fourth-order valence-electron chi connectivity index (χ4n) is 3.02. The Morgan fingerprint density at radius 1 is 1.43 bits per heavy atom. The van der Waals surface area contributed by atoms with Crippen molar-refractivity contribution < 1.29 is 9.47 Å². The molecule has 1 aromatic heterocycles. The summed E-state index contributed by atoms with van der Waals surface area (Å²) in [6.07, 6.45) is 0.0964. The number of methoxy groups -OCH3 is 1. The number of halogens is 1. The third kappa shape index (κ3) is 3.31. The number of aryl methyl sites for hydroxylation is 2. The second kappa shape index (κ2) is 6.42. The van der Waals surface area contributed by atoms with E-state index >= 15 is 0 Å². The summed E-state index contributed by atoms with van der Waals surface area (Å²) in [6, 6.07) is 5.99. The molecule has 2 heterocycles. The highest BCUT2D eigenvalue weighted by atomic mass is 35.5. The van der Waals surface area contributed by atoms with E-state index in [2.05, 4.69) is 23.0 Å². The summed E-state index contributed by atoms with van der Waals surface area (Å²) < 4.78 is 13.1. The molecule has 0 amide bonds. The van der Waals surface area contributed by atoms with Gasteiger partial charge in [0.15, 0.2) is 0 Å². The first-order valence-corrected chi connectivity index (χ1v) is 8.09. The van der Waals surface area contributed by atoms with Gasteiger partial charge in [-0.1, -0.05) is 17.7 Å². The van der Waals surface area contributed by atoms with E-state index in [1.165, 1.54) is 0 Å². The maximum absolute atomic E-state index is 6.38. The fourth-order valence-corrected chi connectivity index (χ4v) is 3.26. The van der Waals surface area contributed by atoms with Gasteiger partial charge in [-0.25, -0.2) is 0 Å². The van der Waals surface area contributed by atoms with E-state index in [-0.39, 0.29) is 6.10 Å². The molecule has 6 heteroatoms. The Balaban J connectivity index is 1.86. The normalized spacial score (nSPS) is 18.2. The number of ether oxygens (including phenoxy) is 2. The molecule has 1 aliphatic rings. The molecule has 5 nitrogen and oxygen atoms in total. The van der Waals surface area contributed by atoms with Crippen molar-refractivity contribution in [3.8, 4) is 11.5 Å². The van der Waals surface area contributed by atoms with Gasteiger partial charge in [0.25, 0.3) is 0 Å². The maximum Gasteiger partial charge on any atom is 0.131 e. The Kier molecular flexibility index (Phi) is 4.50. The molecule has 23 heavy (non-hydrogen) atoms. The number of nitrogens with zero attached hydrogens (tertiary/aromatic N) is 3. The topological polar surface area (TPSA) is 39.5 Å². The van der Waals surface area contributed by atoms with Crippen LogP contribution in [0.2, 0.25) is 5.15 Å². The largest absolute Gasteiger partial charge is 0.497 e. The number of hydrogen-bond acceptors (Lipinski definition) is 4. The first-order valence-electron chi connectivity index (χ1n) is 7.72. The van der Waals surface area contributed by atoms with Crippen molar-refractivity contribution in [2.45, 2.75) is 33.0 Å². The van der Waals surface area contributed by atoms with Crippen LogP contribution in [0.25, 0.3) is 0 Å². The number of fused-ring (bicyclic) bond motifs is 1. The van der Waals surface area contributed by atoms with E-state index in [1.807, 2.05) is 26.1 Å². The highest BCUT2D eigenvalue weighted by Crippen LogP contribution is 2.31. The van der Waals surface area contributed by atoms with Crippen molar-refractivity contribution in [3.05, 3.63) is 40.2 Å². The summed E-state index contributed by atoms with van der Waals surface area (Å²) in [7, 11) is 3.54. The third-order valence-corrected chi connectivity index (χ3v) is 4.64. The van der Waals surface area contributed by atoms with Crippen LogP contribution < -0.4 is 9.47 Å². The van der Waals surface area contributed by atoms with E-state index in [4.69, 9.17) is 21.1 Å². The zero-order chi connectivity index (χ0) is 16.6. The standard InChI is InChI=1S/C17H22ClN3O2/c1-11-8-21(10-15-12(2)19-20(3)17(15)18)9-13-5-6-14(22-4)7-16(13)23-11/h5-7,11H,8-10H2,1-4H3. The fraction of sp³-hybridized carbons (Fsp3) is 0.471. The number of hydrogen-bond donors (Lipinski definition) is 0. The number of rotatable bonds is 3. The van der Waals surface area contributed by atoms with Gasteiger partial charge in [-0.2, -0.15) is 5.10 Å². The van der Waals surface area contributed by atoms with Crippen LogP contribution in [-0.2, 0) is 20.1 Å². The second-order valence-electron chi connectivity index (χ2n) is 6.05. The Labute approximate surface area is 141 Å². The Morgan fingerprint density at radius 3 is 2.87 bits per heavy atom. The van der Waals surface area contributed by atoms with E-state index in [0.717, 1.165) is 48.0 Å². The molecule has 0 saturated heterocycles. The molecule has 0 spiro atoms. The van der Waals surface area contributed by atoms with Crippen LogP contribution in [0.1, 0.15) is 23.7 Å². The summed E-state index contributed by atoms with van der Waals surface area (Å²) in [5.74, 6) is 1.71. The lowest BCUT2D eigenvalue weighted by Gasteiger charge is -2.21. The minimum absolute atomic E-state index is 0.0964. The Bertz CT molecular complexity index is 714. The maximum atomic E-state index is 6.38. The van der Waals surface area contributed by atoms with Gasteiger partial charge in [-0.05, 0) is 19.9 Å². The summed E-state index contributed by atoms with van der Waals surface area (Å²) in [6.45, 7) is 6.49. The molecule has 0 N–H and O–H groups in total. The van der Waals surface area contributed by atoms with Gasteiger partial charge in [-0.15, -0.1) is 0 Å². The predicted molar refractivity (Wildman–Crippen MR) is 90.2 cm³/mol. The van der Waals surface area contributed by atoms with Crippen LogP contribution in [0.5, 0.6) is 11.5 Å². The van der Waals surface area contributed by atoms with Crippen molar-refractivity contribution in [2.24, 2.45) is 7.05 Å². The van der Waals surface area contributed by atoms with Gasteiger partial charge in [0, 0.05) is 43.9 Å². The van der Waals surface area contributed by atoms with Gasteiger partial charge >= 0.3 is 0 Å². The predicted octanol–water partition coefficient (Wildman–Crippen LogP) is 3.17. The summed E-state index contributed by atoms with van der Waals surface area (Å²) in [5.41, 5.74) is 3.22. The van der Waals surface area contributed by atoms with Gasteiger partial charge < -0.3 is 9.47 Å². The first-order chi connectivity index (χ1) is 11.0. The van der Waals surface area contributed by atoms with Crippen molar-refractivity contribution in [3.63, 3.8) is 0 Å². The monoisotopic (exact) mass is 335 g/mol. The van der Waals surface area contributed by atoms with Crippen molar-refractivity contribution in [2.75, 3.05) is 13.7 Å². The van der Waals surface area contributed by atoms with E-state index in [1.54, 1.807) is 11.8 Å². The molecule has 3 rings (SSSR count). The lowest BCUT2D eigenvalue weighted by atomic mass is 10.1. The SMILES string of the molecule is COc1ccc2c(c1)OC(C)CN(Cc1c(C)nn(C)c1Cl)C2. The molecule has 0 radical (unpaired) electrons. The Morgan fingerprint density at radius 2 is 2.22 bits per heavy atom. The molecule has 0 fully saturated rings. The van der Waals surface area contributed by atoms with Gasteiger partial charge in [0.2, 0.25) is 0 Å². The highest BCUT2D eigenvalue weighted by molar-refractivity contribution is 6.30. The molecule has 0 saturated carbocycles. The molecule has 2 aromatic rings. The number of benzene rings is 1. The molecule has 124 valence electrons. The lowest BCUT2D eigenvalue weighted by molar-refractivity contribution is 0.156. The van der Waals surface area contributed by atoms with Crippen LogP contribution in [0.4, 0.5) is 0 Å². The zero-order valence-electron chi connectivity index (χ0n) is 14.0. The highest BCUT2D eigenvalue weighted by Gasteiger charge is 2.23. The molecular formula is C17H22ClN3O2. The molecular weight excluding hydrogens is 314 g/mol. The number of aromatic nitrogens is 2. The average Bonchev–Trinajstić information content (AvgIpc) is 2.68. The quantitative estimate of drug-likeness (QED) is 0.863. The van der Waals surface area contributed by atoms with Crippen LogP contribution in [-0.4, -0.2) is 34.4 Å². The molecule has 1 aliphatic heterocycles. The van der Waals surface area contributed by atoms with Crippen LogP contribution in [0.3, 0.4) is 0 Å². The minimum atomic E-state index is 0.0964. The Hall–Kier alpha value is -1.72. The minimum Gasteiger partial charge on any atom is -0.497 e. The molecule has 1 aromatic carbocycles. The van der Waals surface area contributed by atoms with Gasteiger partial charge in [0.1, 0.15) is 22.8 Å². The van der Waals surface area contributed by atoms with Crippen LogP contribution in [0.15, 0.2) is 18.2 Å². The summed E-state index contributed by atoms with van der Waals surface area (Å²) in [5, 5.41) is 5.10. The third-order valence-electron chi connectivity index (χ3n) is 4.16. The molecule has 0 aliphatic carbocycles. The van der Waals surface area contributed by atoms with E-state index < -0.39 is 0 Å². The molecule has 1 atom stereocenters.